The van der Waals surface area contributed by atoms with Crippen molar-refractivity contribution in [1.29, 1.82) is 0 Å². The fourth-order valence-corrected chi connectivity index (χ4v) is 2.15. The number of hydrogen-bond donors (Lipinski definition) is 2. The molecule has 104 valence electrons. The molecule has 0 aliphatic rings. The lowest BCUT2D eigenvalue weighted by atomic mass is 10.1. The van der Waals surface area contributed by atoms with Gasteiger partial charge >= 0.3 is 5.97 Å². The number of aliphatic carboxylic acids is 1. The van der Waals surface area contributed by atoms with Gasteiger partial charge in [-0.15, -0.1) is 0 Å². The van der Waals surface area contributed by atoms with Crippen LogP contribution < -0.4 is 0 Å². The van der Waals surface area contributed by atoms with Crippen LogP contribution >= 0.6 is 0 Å². The molecule has 0 saturated heterocycles. The minimum Gasteiger partial charge on any atom is -0.481 e. The number of aromatic nitrogens is 1. The smallest absolute Gasteiger partial charge is 0.307 e. The number of nitrogens with one attached hydrogen (secondary N) is 1. The molecule has 2 N–H and O–H groups in total. The molecule has 0 atom stereocenters. The van der Waals surface area contributed by atoms with Crippen LogP contribution in [0.2, 0.25) is 0 Å². The van der Waals surface area contributed by atoms with E-state index < -0.39 is 5.97 Å². The summed E-state index contributed by atoms with van der Waals surface area (Å²) in [5.74, 6) is -0.854. The summed E-state index contributed by atoms with van der Waals surface area (Å²) in [4.78, 5) is 13.9. The first-order valence-electron chi connectivity index (χ1n) is 6.51. The second-order valence-corrected chi connectivity index (χ2v) is 4.65. The van der Waals surface area contributed by atoms with Crippen LogP contribution in [0.5, 0.6) is 0 Å². The zero-order valence-corrected chi connectivity index (χ0v) is 11.2. The average Bonchev–Trinajstić information content (AvgIpc) is 2.88. The van der Waals surface area contributed by atoms with E-state index in [1.165, 1.54) is 0 Å². The number of fused-ring (bicyclic) bond motifs is 1. The predicted octanol–water partition coefficient (Wildman–Crippen LogP) is 4.21. The van der Waals surface area contributed by atoms with Gasteiger partial charge < -0.3 is 10.1 Å². The number of azo groups is 1. The predicted molar refractivity (Wildman–Crippen MR) is 80.3 cm³/mol. The number of carboxylic acids is 1. The Labute approximate surface area is 121 Å². The molecule has 5 nitrogen and oxygen atoms in total. The summed E-state index contributed by atoms with van der Waals surface area (Å²) in [6.45, 7) is 0. The minimum absolute atomic E-state index is 0.0146. The van der Waals surface area contributed by atoms with E-state index in [4.69, 9.17) is 5.11 Å². The number of benzene rings is 2. The van der Waals surface area contributed by atoms with Gasteiger partial charge in [-0.25, -0.2) is 0 Å². The lowest BCUT2D eigenvalue weighted by Gasteiger charge is -1.97. The van der Waals surface area contributed by atoms with E-state index in [0.717, 1.165) is 22.2 Å². The van der Waals surface area contributed by atoms with E-state index in [9.17, 15) is 4.79 Å². The van der Waals surface area contributed by atoms with Crippen molar-refractivity contribution in [1.82, 2.24) is 4.98 Å². The first-order valence-corrected chi connectivity index (χ1v) is 6.51. The maximum atomic E-state index is 10.9. The number of H-pyrrole nitrogens is 1. The number of carboxylic acid groups (broad SMARTS) is 1. The van der Waals surface area contributed by atoms with Gasteiger partial charge in [-0.1, -0.05) is 18.2 Å². The molecule has 5 heteroatoms. The first-order chi connectivity index (χ1) is 10.2. The Kier molecular flexibility index (Phi) is 3.47. The fourth-order valence-electron chi connectivity index (χ4n) is 2.15. The minimum atomic E-state index is -0.854. The zero-order chi connectivity index (χ0) is 14.7. The first kappa shape index (κ1) is 13.1. The highest BCUT2D eigenvalue weighted by atomic mass is 16.4. The van der Waals surface area contributed by atoms with Crippen LogP contribution in [-0.2, 0) is 11.2 Å². The van der Waals surface area contributed by atoms with Gasteiger partial charge in [0.25, 0.3) is 0 Å². The topological polar surface area (TPSA) is 77.8 Å². The van der Waals surface area contributed by atoms with Crippen molar-refractivity contribution in [2.45, 2.75) is 6.42 Å². The van der Waals surface area contributed by atoms with Gasteiger partial charge in [0.2, 0.25) is 0 Å². The third kappa shape index (κ3) is 2.97. The third-order valence-electron chi connectivity index (χ3n) is 3.13. The quantitative estimate of drug-likeness (QED) is 0.702. The summed E-state index contributed by atoms with van der Waals surface area (Å²) in [7, 11) is 0. The van der Waals surface area contributed by atoms with Crippen molar-refractivity contribution in [3.8, 4) is 0 Å². The van der Waals surface area contributed by atoms with Crippen LogP contribution in [0, 0.1) is 0 Å². The van der Waals surface area contributed by atoms with E-state index in [0.29, 0.717) is 5.69 Å². The maximum Gasteiger partial charge on any atom is 0.307 e. The molecule has 0 unspecified atom stereocenters. The fraction of sp³-hybridized carbons (Fsp3) is 0.0625. The molecule has 0 radical (unpaired) electrons. The second kappa shape index (κ2) is 5.58. The van der Waals surface area contributed by atoms with Gasteiger partial charge in [0.15, 0.2) is 0 Å². The van der Waals surface area contributed by atoms with Crippen molar-refractivity contribution in [3.05, 3.63) is 60.3 Å². The van der Waals surface area contributed by atoms with Crippen LogP contribution in [0.15, 0.2) is 65.0 Å². The van der Waals surface area contributed by atoms with Gasteiger partial charge in [0, 0.05) is 17.1 Å². The summed E-state index contributed by atoms with van der Waals surface area (Å²) >= 11 is 0. The van der Waals surface area contributed by atoms with Crippen LogP contribution in [0.4, 0.5) is 11.4 Å². The molecule has 0 fully saturated rings. The Balaban J connectivity index is 1.93. The van der Waals surface area contributed by atoms with E-state index >= 15 is 0 Å². The number of carbonyl (C=O) groups is 1. The molecule has 0 bridgehead atoms. The molecule has 1 heterocycles. The lowest BCUT2D eigenvalue weighted by Crippen LogP contribution is -1.98. The molecule has 1 aromatic heterocycles. The summed E-state index contributed by atoms with van der Waals surface area (Å²) in [6.07, 6.45) is 1.70. The SMILES string of the molecule is O=C(O)Cc1c[nH]c2ccc(N=Nc3ccccc3)cc12. The summed E-state index contributed by atoms with van der Waals surface area (Å²) in [5, 5.41) is 18.1. The third-order valence-corrected chi connectivity index (χ3v) is 3.13. The van der Waals surface area contributed by atoms with E-state index in [1.807, 2.05) is 48.5 Å². The van der Waals surface area contributed by atoms with Crippen LogP contribution in [0.1, 0.15) is 5.56 Å². The molecule has 0 spiro atoms. The van der Waals surface area contributed by atoms with Gasteiger partial charge in [-0.05, 0) is 35.9 Å². The standard InChI is InChI=1S/C16H13N3O2/c20-16(21)8-11-10-17-15-7-6-13(9-14(11)15)19-18-12-4-2-1-3-5-12/h1-7,9-10,17H,8H2,(H,20,21). The Morgan fingerprint density at radius 2 is 1.81 bits per heavy atom. The van der Waals surface area contributed by atoms with Gasteiger partial charge in [-0.3, -0.25) is 4.79 Å². The highest BCUT2D eigenvalue weighted by Crippen LogP contribution is 2.25. The van der Waals surface area contributed by atoms with Crippen LogP contribution in [-0.4, -0.2) is 16.1 Å². The maximum absolute atomic E-state index is 10.9. The van der Waals surface area contributed by atoms with E-state index in [2.05, 4.69) is 15.2 Å². The monoisotopic (exact) mass is 279 g/mol. The number of rotatable bonds is 4. The summed E-state index contributed by atoms with van der Waals surface area (Å²) < 4.78 is 0. The molecule has 3 rings (SSSR count). The zero-order valence-electron chi connectivity index (χ0n) is 11.2. The van der Waals surface area contributed by atoms with Crippen molar-refractivity contribution in [3.63, 3.8) is 0 Å². The Hall–Kier alpha value is -2.95. The molecule has 2 aromatic carbocycles. The van der Waals surface area contributed by atoms with Crippen molar-refractivity contribution in [2.24, 2.45) is 10.2 Å². The van der Waals surface area contributed by atoms with Crippen molar-refractivity contribution in [2.75, 3.05) is 0 Å². The van der Waals surface area contributed by atoms with Gasteiger partial charge in [0.1, 0.15) is 0 Å². The molecule has 0 aliphatic heterocycles. The summed E-state index contributed by atoms with van der Waals surface area (Å²) in [5.41, 5.74) is 3.11. The Morgan fingerprint density at radius 3 is 2.57 bits per heavy atom. The molecule has 0 aliphatic carbocycles. The van der Waals surface area contributed by atoms with Gasteiger partial charge in [0.05, 0.1) is 17.8 Å². The number of aromatic amines is 1. The Morgan fingerprint density at radius 1 is 1.05 bits per heavy atom. The molecule has 0 amide bonds. The van der Waals surface area contributed by atoms with Crippen molar-refractivity contribution < 1.29 is 9.90 Å². The highest BCUT2D eigenvalue weighted by Gasteiger charge is 2.08. The molecular weight excluding hydrogens is 266 g/mol. The molecule has 3 aromatic rings. The normalized spacial score (nSPS) is 11.2. The second-order valence-electron chi connectivity index (χ2n) is 4.65. The molecule has 21 heavy (non-hydrogen) atoms. The average molecular weight is 279 g/mol. The highest BCUT2D eigenvalue weighted by molar-refractivity contribution is 5.88. The Bertz CT molecular complexity index is 807. The van der Waals surface area contributed by atoms with E-state index in [1.54, 1.807) is 6.20 Å². The van der Waals surface area contributed by atoms with Gasteiger partial charge in [-0.2, -0.15) is 10.2 Å². The van der Waals surface area contributed by atoms with Crippen molar-refractivity contribution >= 4 is 28.2 Å². The largest absolute Gasteiger partial charge is 0.481 e. The number of nitrogens with zero attached hydrogens (tertiary/aromatic N) is 2. The van der Waals surface area contributed by atoms with E-state index in [-0.39, 0.29) is 6.42 Å². The number of hydrogen-bond acceptors (Lipinski definition) is 3. The van der Waals surface area contributed by atoms with Crippen LogP contribution in [0.3, 0.4) is 0 Å². The molecule has 0 saturated carbocycles. The summed E-state index contributed by atoms with van der Waals surface area (Å²) in [6, 6.07) is 15.0. The molecular formula is C16H13N3O2. The lowest BCUT2D eigenvalue weighted by molar-refractivity contribution is -0.136. The van der Waals surface area contributed by atoms with Crippen LogP contribution in [0.25, 0.3) is 10.9 Å².